The molecule has 1 rings (SSSR count). The first-order valence-corrected chi connectivity index (χ1v) is 12.6. The fraction of sp³-hybridized carbons (Fsp3) is 0.704. The van der Waals surface area contributed by atoms with E-state index in [4.69, 9.17) is 0 Å². The third-order valence-corrected chi connectivity index (χ3v) is 6.17. The number of carbonyl (C=O) groups is 2. The number of amides is 2. The van der Waals surface area contributed by atoms with E-state index in [0.717, 1.165) is 31.2 Å². The standard InChI is InChI=1S/C27H46NO2.Li.H/c1-2-3-4-5-6-7-8-9-10-11-12-13-14-15-16-20-23-28(25-29,26-30)24-27-21-18-17-19-22-27;;/h17-19,21-22,25-26H,2-16,20,23-24H2,1H3;;/q2*+1;-1. The molecule has 0 saturated heterocycles. The number of unbranched alkanes of at least 4 members (excludes halogenated alkanes) is 15. The Kier molecular flexibility index (Phi) is 20.4. The summed E-state index contributed by atoms with van der Waals surface area (Å²) in [4.78, 5) is 23.2. The van der Waals surface area contributed by atoms with Gasteiger partial charge in [0, 0.05) is 5.56 Å². The Morgan fingerprint density at radius 3 is 1.42 bits per heavy atom. The van der Waals surface area contributed by atoms with Crippen molar-refractivity contribution >= 4 is 12.8 Å². The molecule has 0 aliphatic rings. The first kappa shape index (κ1) is 30.1. The second kappa shape index (κ2) is 21.0. The summed E-state index contributed by atoms with van der Waals surface area (Å²) in [6.07, 6.45) is 22.9. The molecule has 3 nitrogen and oxygen atoms in total. The van der Waals surface area contributed by atoms with E-state index in [1.807, 2.05) is 30.3 Å². The van der Waals surface area contributed by atoms with Gasteiger partial charge in [-0.2, -0.15) is 4.48 Å². The Labute approximate surface area is 205 Å². The SMILES string of the molecule is CCCCCCCCCCCCCCCCCC[N+](C=O)(C=O)Cc1ccccc1.[H-].[Li+]. The normalized spacial score (nSPS) is 11.1. The van der Waals surface area contributed by atoms with Crippen LogP contribution >= 0.6 is 0 Å². The Bertz CT molecular complexity index is 534. The summed E-state index contributed by atoms with van der Waals surface area (Å²) < 4.78 is -0.109. The molecule has 0 radical (unpaired) electrons. The van der Waals surface area contributed by atoms with Crippen molar-refractivity contribution in [2.75, 3.05) is 6.54 Å². The quantitative estimate of drug-likeness (QED) is 0.124. The van der Waals surface area contributed by atoms with E-state index in [2.05, 4.69) is 6.92 Å². The minimum atomic E-state index is -0.109. The number of hydrogen-bond donors (Lipinski definition) is 0. The van der Waals surface area contributed by atoms with Crippen molar-refractivity contribution in [3.63, 3.8) is 0 Å². The van der Waals surface area contributed by atoms with Gasteiger partial charge in [-0.3, -0.25) is 0 Å². The molecule has 0 fully saturated rings. The summed E-state index contributed by atoms with van der Waals surface area (Å²) in [5.41, 5.74) is 1.04. The van der Waals surface area contributed by atoms with Gasteiger partial charge in [0.15, 0.2) is 0 Å². The molecule has 0 unspecified atom stereocenters. The van der Waals surface area contributed by atoms with Gasteiger partial charge >= 0.3 is 31.7 Å². The van der Waals surface area contributed by atoms with E-state index in [1.54, 1.807) is 0 Å². The van der Waals surface area contributed by atoms with Gasteiger partial charge in [-0.1, -0.05) is 127 Å². The number of nitrogens with zero attached hydrogens (tertiary/aromatic N) is 1. The zero-order valence-electron chi connectivity index (χ0n) is 21.5. The van der Waals surface area contributed by atoms with Gasteiger partial charge < -0.3 is 1.43 Å². The summed E-state index contributed by atoms with van der Waals surface area (Å²) in [6.45, 7) is 3.35. The van der Waals surface area contributed by atoms with E-state index < -0.39 is 0 Å². The maximum Gasteiger partial charge on any atom is 1.00 e. The Balaban J connectivity index is 0. The fourth-order valence-electron chi connectivity index (χ4n) is 4.16. The zero-order valence-corrected chi connectivity index (χ0v) is 20.5. The predicted octanol–water partition coefficient (Wildman–Crippen LogP) is 4.69. The maximum atomic E-state index is 11.6. The van der Waals surface area contributed by atoms with Crippen molar-refractivity contribution in [1.82, 2.24) is 0 Å². The van der Waals surface area contributed by atoms with Crippen LogP contribution in [-0.2, 0) is 16.1 Å². The first-order valence-electron chi connectivity index (χ1n) is 12.6. The summed E-state index contributed by atoms with van der Waals surface area (Å²) in [6, 6.07) is 9.82. The maximum absolute atomic E-state index is 11.6. The molecule has 0 aliphatic carbocycles. The molecule has 0 spiro atoms. The molecule has 0 heterocycles. The number of rotatable bonds is 21. The van der Waals surface area contributed by atoms with Crippen molar-refractivity contribution in [2.24, 2.45) is 0 Å². The summed E-state index contributed by atoms with van der Waals surface area (Å²) >= 11 is 0. The molecule has 31 heavy (non-hydrogen) atoms. The van der Waals surface area contributed by atoms with Crippen LogP contribution in [0.25, 0.3) is 0 Å². The number of benzene rings is 1. The Hall–Kier alpha value is -0.883. The molecule has 2 amide bonds. The van der Waals surface area contributed by atoms with Gasteiger partial charge in [0.25, 0.3) is 0 Å². The average molecular weight is 425 g/mol. The number of imide groups is 1. The van der Waals surface area contributed by atoms with Gasteiger partial charge in [-0.15, -0.1) is 0 Å². The van der Waals surface area contributed by atoms with Crippen LogP contribution in [0.2, 0.25) is 0 Å². The van der Waals surface area contributed by atoms with Crippen LogP contribution in [0.15, 0.2) is 30.3 Å². The smallest absolute Gasteiger partial charge is 1.00 e. The van der Waals surface area contributed by atoms with Gasteiger partial charge in [0.2, 0.25) is 0 Å². The van der Waals surface area contributed by atoms with Gasteiger partial charge in [-0.05, 0) is 12.8 Å². The minimum Gasteiger partial charge on any atom is -1.00 e. The topological polar surface area (TPSA) is 34.1 Å². The molecule has 172 valence electrons. The van der Waals surface area contributed by atoms with Gasteiger partial charge in [0.05, 0.1) is 6.54 Å². The molecular formula is C27H47LiNO2+. The Morgan fingerprint density at radius 2 is 1.03 bits per heavy atom. The third kappa shape index (κ3) is 15.5. The van der Waals surface area contributed by atoms with Crippen molar-refractivity contribution < 1.29 is 34.4 Å². The van der Waals surface area contributed by atoms with Gasteiger partial charge in [-0.25, -0.2) is 9.59 Å². The van der Waals surface area contributed by atoms with E-state index >= 15 is 0 Å². The molecular weight excluding hydrogens is 377 g/mol. The van der Waals surface area contributed by atoms with Gasteiger partial charge in [0.1, 0.15) is 6.54 Å². The monoisotopic (exact) mass is 424 g/mol. The minimum absolute atomic E-state index is 0. The van der Waals surface area contributed by atoms with Crippen LogP contribution in [0.1, 0.15) is 117 Å². The molecule has 0 N–H and O–H groups in total. The van der Waals surface area contributed by atoms with Crippen LogP contribution in [0.5, 0.6) is 0 Å². The zero-order chi connectivity index (χ0) is 21.8. The largest absolute Gasteiger partial charge is 1.00 e. The van der Waals surface area contributed by atoms with Crippen molar-refractivity contribution in [3.8, 4) is 0 Å². The van der Waals surface area contributed by atoms with Crippen LogP contribution < -0.4 is 18.9 Å². The van der Waals surface area contributed by atoms with Crippen molar-refractivity contribution in [3.05, 3.63) is 35.9 Å². The second-order valence-electron chi connectivity index (χ2n) is 8.98. The summed E-state index contributed by atoms with van der Waals surface area (Å²) in [5.74, 6) is 0. The van der Waals surface area contributed by atoms with E-state index in [0.29, 0.717) is 13.1 Å². The van der Waals surface area contributed by atoms with E-state index in [-0.39, 0.29) is 24.8 Å². The molecule has 0 atom stereocenters. The molecule has 1 aromatic rings. The molecule has 0 bridgehead atoms. The predicted molar refractivity (Wildman–Crippen MR) is 128 cm³/mol. The van der Waals surface area contributed by atoms with Crippen molar-refractivity contribution in [2.45, 2.75) is 116 Å². The summed E-state index contributed by atoms with van der Waals surface area (Å²) in [5, 5.41) is 0. The molecule has 0 aromatic heterocycles. The van der Waals surface area contributed by atoms with Crippen LogP contribution in [0.4, 0.5) is 0 Å². The van der Waals surface area contributed by atoms with Crippen LogP contribution in [-0.4, -0.2) is 23.8 Å². The van der Waals surface area contributed by atoms with Crippen LogP contribution in [0, 0.1) is 0 Å². The number of carbonyl (C=O) groups excluding carboxylic acids is 2. The number of hydrogen-bond acceptors (Lipinski definition) is 2. The molecule has 4 heteroatoms. The molecule has 0 saturated carbocycles. The molecule has 0 aliphatic heterocycles. The second-order valence-corrected chi connectivity index (χ2v) is 8.98. The number of quaternary nitrogens is 1. The average Bonchev–Trinajstić information content (AvgIpc) is 2.78. The molecule has 1 aromatic carbocycles. The summed E-state index contributed by atoms with van der Waals surface area (Å²) in [7, 11) is 0. The fourth-order valence-corrected chi connectivity index (χ4v) is 4.16. The Morgan fingerprint density at radius 1 is 0.645 bits per heavy atom. The third-order valence-electron chi connectivity index (χ3n) is 6.17. The van der Waals surface area contributed by atoms with E-state index in [1.165, 1.54) is 89.9 Å². The van der Waals surface area contributed by atoms with Crippen molar-refractivity contribution in [1.29, 1.82) is 0 Å². The van der Waals surface area contributed by atoms with Crippen LogP contribution in [0.3, 0.4) is 0 Å². The first-order chi connectivity index (χ1) is 14.8. The van der Waals surface area contributed by atoms with E-state index in [9.17, 15) is 9.59 Å².